The lowest BCUT2D eigenvalue weighted by atomic mass is 10.2. The van der Waals surface area contributed by atoms with Gasteiger partial charge in [-0.15, -0.1) is 22.7 Å². The van der Waals surface area contributed by atoms with Gasteiger partial charge in [-0.1, -0.05) is 6.07 Å². The number of aryl methyl sites for hydroxylation is 2. The number of thiazole rings is 1. The van der Waals surface area contributed by atoms with Crippen LogP contribution in [0.3, 0.4) is 0 Å². The van der Waals surface area contributed by atoms with E-state index in [4.69, 9.17) is 0 Å². The van der Waals surface area contributed by atoms with Crippen molar-refractivity contribution in [1.29, 1.82) is 0 Å². The summed E-state index contributed by atoms with van der Waals surface area (Å²) in [4.78, 5) is 23.5. The van der Waals surface area contributed by atoms with Crippen molar-refractivity contribution in [3.63, 3.8) is 0 Å². The first-order valence-corrected chi connectivity index (χ1v) is 10.1. The van der Waals surface area contributed by atoms with Gasteiger partial charge in [0.2, 0.25) is 0 Å². The fraction of sp³-hybridized carbons (Fsp3) is 0.211. The summed E-state index contributed by atoms with van der Waals surface area (Å²) in [5.41, 5.74) is 2.73. The Morgan fingerprint density at radius 3 is 2.96 bits per heavy atom. The Morgan fingerprint density at radius 2 is 2.19 bits per heavy atom. The molecule has 0 atom stereocenters. The van der Waals surface area contributed by atoms with E-state index < -0.39 is 0 Å². The molecule has 0 fully saturated rings. The van der Waals surface area contributed by atoms with Crippen LogP contribution in [0.4, 0.5) is 0 Å². The largest absolute Gasteiger partial charge is 0.346 e. The third-order valence-corrected chi connectivity index (χ3v) is 6.28. The second kappa shape index (κ2) is 7.01. The molecule has 0 radical (unpaired) electrons. The average molecular weight is 383 g/mol. The Bertz CT molecular complexity index is 1060. The molecule has 0 saturated heterocycles. The lowest BCUT2D eigenvalue weighted by Crippen LogP contribution is -2.22. The Kier molecular flexibility index (Phi) is 4.57. The Hall–Kier alpha value is -2.51. The van der Waals surface area contributed by atoms with Crippen LogP contribution in [-0.2, 0) is 13.1 Å². The van der Waals surface area contributed by atoms with Gasteiger partial charge in [-0.05, 0) is 37.4 Å². The van der Waals surface area contributed by atoms with Crippen LogP contribution < -0.4 is 5.32 Å². The molecule has 1 amide bonds. The molecule has 0 bridgehead atoms. The lowest BCUT2D eigenvalue weighted by molar-refractivity contribution is 0.0954. The highest BCUT2D eigenvalue weighted by atomic mass is 32.1. The molecule has 4 rings (SSSR count). The van der Waals surface area contributed by atoms with Crippen LogP contribution in [0.1, 0.15) is 27.2 Å². The smallest absolute Gasteiger partial charge is 0.263 e. The Labute approximate surface area is 159 Å². The van der Waals surface area contributed by atoms with Crippen molar-refractivity contribution in [3.05, 3.63) is 57.5 Å². The number of nitrogens with one attached hydrogen (secondary N) is 1. The molecule has 4 aromatic rings. The van der Waals surface area contributed by atoms with Crippen molar-refractivity contribution < 1.29 is 4.79 Å². The topological polar surface area (TPSA) is 59.8 Å². The van der Waals surface area contributed by atoms with Gasteiger partial charge in [0.15, 0.2) is 0 Å². The minimum Gasteiger partial charge on any atom is -0.346 e. The molecule has 0 aromatic carbocycles. The molecular weight excluding hydrogens is 364 g/mol. The van der Waals surface area contributed by atoms with Crippen molar-refractivity contribution in [2.24, 2.45) is 0 Å². The summed E-state index contributed by atoms with van der Waals surface area (Å²) in [6.45, 7) is 5.36. The van der Waals surface area contributed by atoms with E-state index in [-0.39, 0.29) is 5.91 Å². The van der Waals surface area contributed by atoms with E-state index in [0.29, 0.717) is 11.4 Å². The second-order valence-corrected chi connectivity index (χ2v) is 7.93. The van der Waals surface area contributed by atoms with Gasteiger partial charge in [0.1, 0.15) is 15.5 Å². The van der Waals surface area contributed by atoms with Crippen molar-refractivity contribution in [1.82, 2.24) is 19.9 Å². The van der Waals surface area contributed by atoms with E-state index in [9.17, 15) is 4.79 Å². The maximum Gasteiger partial charge on any atom is 0.263 e. The molecule has 7 heteroatoms. The summed E-state index contributed by atoms with van der Waals surface area (Å²) in [6.07, 6.45) is 3.87. The first-order valence-electron chi connectivity index (χ1n) is 8.39. The molecule has 26 heavy (non-hydrogen) atoms. The average Bonchev–Trinajstić information content (AvgIpc) is 3.38. The lowest BCUT2D eigenvalue weighted by Gasteiger charge is -2.01. The van der Waals surface area contributed by atoms with Gasteiger partial charge in [0.05, 0.1) is 12.2 Å². The molecule has 0 saturated carbocycles. The van der Waals surface area contributed by atoms with Crippen LogP contribution in [0.5, 0.6) is 0 Å². The van der Waals surface area contributed by atoms with Crippen LogP contribution in [-0.4, -0.2) is 20.4 Å². The number of rotatable bonds is 5. The maximum atomic E-state index is 12.6. The first-order chi connectivity index (χ1) is 12.7. The van der Waals surface area contributed by atoms with E-state index in [1.165, 1.54) is 11.3 Å². The Balaban J connectivity index is 1.65. The van der Waals surface area contributed by atoms with Crippen LogP contribution in [0.25, 0.3) is 21.6 Å². The van der Waals surface area contributed by atoms with Gasteiger partial charge < -0.3 is 9.88 Å². The predicted octanol–water partition coefficient (Wildman–Crippen LogP) is 4.48. The SMILES string of the molecule is CCn1cc(-c2nc(C)c(C(=O)NCc3cccs3)s2)c2cccnc21. The quantitative estimate of drug-likeness (QED) is 0.554. The molecule has 0 unspecified atom stereocenters. The number of nitrogens with zero attached hydrogens (tertiary/aromatic N) is 3. The van der Waals surface area contributed by atoms with Crippen molar-refractivity contribution in [2.75, 3.05) is 0 Å². The molecule has 0 aliphatic heterocycles. The normalized spacial score (nSPS) is 11.2. The third-order valence-electron chi connectivity index (χ3n) is 4.21. The van der Waals surface area contributed by atoms with Gasteiger partial charge in [0.25, 0.3) is 5.91 Å². The number of amides is 1. The molecule has 0 aliphatic carbocycles. The number of hydrogen-bond donors (Lipinski definition) is 1. The van der Waals surface area contributed by atoms with Crippen molar-refractivity contribution in [3.8, 4) is 10.6 Å². The van der Waals surface area contributed by atoms with Gasteiger partial charge in [0, 0.05) is 34.8 Å². The van der Waals surface area contributed by atoms with E-state index in [0.717, 1.165) is 38.7 Å². The molecule has 4 heterocycles. The number of hydrogen-bond acceptors (Lipinski definition) is 5. The van der Waals surface area contributed by atoms with Crippen molar-refractivity contribution in [2.45, 2.75) is 26.9 Å². The highest BCUT2D eigenvalue weighted by Gasteiger charge is 2.19. The fourth-order valence-electron chi connectivity index (χ4n) is 2.92. The monoisotopic (exact) mass is 382 g/mol. The highest BCUT2D eigenvalue weighted by molar-refractivity contribution is 7.17. The summed E-state index contributed by atoms with van der Waals surface area (Å²) in [7, 11) is 0. The Morgan fingerprint density at radius 1 is 1.31 bits per heavy atom. The first kappa shape index (κ1) is 16.9. The summed E-state index contributed by atoms with van der Waals surface area (Å²) in [5.74, 6) is -0.0722. The number of aromatic nitrogens is 3. The number of carbonyl (C=O) groups excluding carboxylic acids is 1. The van der Waals surface area contributed by atoms with Gasteiger partial charge in [-0.3, -0.25) is 4.79 Å². The highest BCUT2D eigenvalue weighted by Crippen LogP contribution is 2.34. The zero-order valence-corrected chi connectivity index (χ0v) is 16.2. The molecule has 1 N–H and O–H groups in total. The molecule has 4 aromatic heterocycles. The molecule has 132 valence electrons. The van der Waals surface area contributed by atoms with Gasteiger partial charge >= 0.3 is 0 Å². The second-order valence-electron chi connectivity index (χ2n) is 5.90. The van der Waals surface area contributed by atoms with Crippen LogP contribution >= 0.6 is 22.7 Å². The fourth-order valence-corrected chi connectivity index (χ4v) is 4.57. The number of carbonyl (C=O) groups is 1. The zero-order valence-electron chi connectivity index (χ0n) is 14.5. The van der Waals surface area contributed by atoms with Crippen LogP contribution in [0.2, 0.25) is 0 Å². The van der Waals surface area contributed by atoms with E-state index >= 15 is 0 Å². The van der Waals surface area contributed by atoms with Crippen molar-refractivity contribution >= 4 is 39.6 Å². The zero-order chi connectivity index (χ0) is 18.1. The van der Waals surface area contributed by atoms with E-state index in [2.05, 4.69) is 39.0 Å². The van der Waals surface area contributed by atoms with Crippen LogP contribution in [0.15, 0.2) is 42.0 Å². The molecule has 5 nitrogen and oxygen atoms in total. The number of fused-ring (bicyclic) bond motifs is 1. The van der Waals surface area contributed by atoms with Crippen LogP contribution in [0, 0.1) is 6.92 Å². The predicted molar refractivity (Wildman–Crippen MR) is 107 cm³/mol. The standard InChI is InChI=1S/C19H18N4OS2/c1-3-23-11-15(14-7-4-8-20-17(14)23)19-22-12(2)16(26-19)18(24)21-10-13-6-5-9-25-13/h4-9,11H,3,10H2,1-2H3,(H,21,24). The van der Waals surface area contributed by atoms with Gasteiger partial charge in [-0.25, -0.2) is 9.97 Å². The molecule has 0 aliphatic rings. The maximum absolute atomic E-state index is 12.6. The van der Waals surface area contributed by atoms with E-state index in [1.807, 2.05) is 30.5 Å². The summed E-state index contributed by atoms with van der Waals surface area (Å²) >= 11 is 3.07. The third kappa shape index (κ3) is 3.04. The minimum absolute atomic E-state index is 0.0722. The summed E-state index contributed by atoms with van der Waals surface area (Å²) in [5, 5.41) is 6.91. The summed E-state index contributed by atoms with van der Waals surface area (Å²) < 4.78 is 2.11. The number of thiophene rings is 1. The number of pyridine rings is 1. The minimum atomic E-state index is -0.0722. The summed E-state index contributed by atoms with van der Waals surface area (Å²) in [6, 6.07) is 7.99. The van der Waals surface area contributed by atoms with E-state index in [1.54, 1.807) is 17.5 Å². The van der Waals surface area contributed by atoms with Gasteiger partial charge in [-0.2, -0.15) is 0 Å². The molecular formula is C19H18N4OS2. The molecule has 0 spiro atoms.